The van der Waals surface area contributed by atoms with Crippen LogP contribution in [0.2, 0.25) is 0 Å². The molecule has 0 aliphatic rings. The van der Waals surface area contributed by atoms with E-state index in [4.69, 9.17) is 9.15 Å². The molecule has 2 heterocycles. The third-order valence-corrected chi connectivity index (χ3v) is 5.33. The zero-order chi connectivity index (χ0) is 20.1. The van der Waals surface area contributed by atoms with E-state index in [0.717, 1.165) is 17.1 Å². The maximum atomic E-state index is 12.5. The van der Waals surface area contributed by atoms with Crippen molar-refractivity contribution in [2.45, 2.75) is 11.7 Å². The number of furan rings is 1. The number of aromatic nitrogens is 3. The molecule has 2 aromatic carbocycles. The highest BCUT2D eigenvalue weighted by atomic mass is 32.2. The van der Waals surface area contributed by atoms with Gasteiger partial charge in [0, 0.05) is 11.1 Å². The second kappa shape index (κ2) is 8.79. The maximum Gasteiger partial charge on any atom is 0.192 e. The van der Waals surface area contributed by atoms with Crippen molar-refractivity contribution in [1.82, 2.24) is 14.8 Å². The summed E-state index contributed by atoms with van der Waals surface area (Å²) < 4.78 is 12.8. The number of hydrogen-bond acceptors (Lipinski definition) is 6. The van der Waals surface area contributed by atoms with Crippen molar-refractivity contribution >= 4 is 17.5 Å². The van der Waals surface area contributed by atoms with Crippen molar-refractivity contribution in [2.75, 3.05) is 12.9 Å². The number of carbonyl (C=O) groups is 1. The van der Waals surface area contributed by atoms with Gasteiger partial charge in [-0.15, -0.1) is 10.2 Å². The molecule has 6 nitrogen and oxygen atoms in total. The average Bonchev–Trinajstić information content (AvgIpc) is 3.43. The minimum Gasteiger partial charge on any atom is -0.497 e. The highest BCUT2D eigenvalue weighted by Crippen LogP contribution is 2.28. The van der Waals surface area contributed by atoms with Crippen LogP contribution in [0.5, 0.6) is 5.75 Å². The van der Waals surface area contributed by atoms with Crippen LogP contribution < -0.4 is 4.74 Å². The van der Waals surface area contributed by atoms with E-state index >= 15 is 0 Å². The average molecular weight is 405 g/mol. The fraction of sp³-hybridized carbons (Fsp3) is 0.136. The molecule has 29 heavy (non-hydrogen) atoms. The molecule has 0 aliphatic heterocycles. The lowest BCUT2D eigenvalue weighted by atomic mass is 10.2. The molecule has 4 aromatic rings. The van der Waals surface area contributed by atoms with Gasteiger partial charge in [0.05, 0.1) is 25.7 Å². The van der Waals surface area contributed by atoms with Crippen molar-refractivity contribution in [1.29, 1.82) is 0 Å². The van der Waals surface area contributed by atoms with Crippen LogP contribution in [0.4, 0.5) is 0 Å². The third-order valence-electron chi connectivity index (χ3n) is 4.37. The van der Waals surface area contributed by atoms with Crippen LogP contribution in [-0.2, 0) is 6.54 Å². The molecule has 0 spiro atoms. The Bertz CT molecular complexity index is 1090. The van der Waals surface area contributed by atoms with Gasteiger partial charge in [0.1, 0.15) is 11.5 Å². The Balaban J connectivity index is 1.62. The smallest absolute Gasteiger partial charge is 0.192 e. The Kier molecular flexibility index (Phi) is 5.76. The van der Waals surface area contributed by atoms with Gasteiger partial charge in [-0.05, 0) is 24.3 Å². The molecule has 0 saturated heterocycles. The number of nitrogens with zero attached hydrogens (tertiary/aromatic N) is 3. The van der Waals surface area contributed by atoms with Gasteiger partial charge in [0.25, 0.3) is 0 Å². The van der Waals surface area contributed by atoms with Crippen molar-refractivity contribution in [2.24, 2.45) is 0 Å². The van der Waals surface area contributed by atoms with Crippen LogP contribution in [0.3, 0.4) is 0 Å². The minimum absolute atomic E-state index is 0.0473. The Morgan fingerprint density at radius 1 is 1.07 bits per heavy atom. The van der Waals surface area contributed by atoms with Crippen molar-refractivity contribution < 1.29 is 13.9 Å². The monoisotopic (exact) mass is 405 g/mol. The lowest BCUT2D eigenvalue weighted by molar-refractivity contribution is 0.102. The molecule has 0 saturated carbocycles. The summed E-state index contributed by atoms with van der Waals surface area (Å²) in [5, 5.41) is 9.37. The summed E-state index contributed by atoms with van der Waals surface area (Å²) >= 11 is 1.36. The fourth-order valence-corrected chi connectivity index (χ4v) is 3.74. The van der Waals surface area contributed by atoms with E-state index < -0.39 is 0 Å². The van der Waals surface area contributed by atoms with Gasteiger partial charge >= 0.3 is 0 Å². The summed E-state index contributed by atoms with van der Waals surface area (Å²) in [7, 11) is 1.63. The molecule has 0 atom stereocenters. The number of carbonyl (C=O) groups excluding carboxylic acids is 1. The number of Topliss-reactive ketones (excluding diaryl/α,β-unsaturated/α-hetero) is 1. The first-order chi connectivity index (χ1) is 14.2. The zero-order valence-electron chi connectivity index (χ0n) is 15.8. The van der Waals surface area contributed by atoms with Crippen LogP contribution in [0.15, 0.2) is 82.6 Å². The second-order valence-electron chi connectivity index (χ2n) is 6.28. The SMILES string of the molecule is COc1cccc(-c2nnc(SCC(=O)c3ccccc3)n2Cc2ccco2)c1. The van der Waals surface area contributed by atoms with Gasteiger partial charge < -0.3 is 9.15 Å². The summed E-state index contributed by atoms with van der Waals surface area (Å²) in [6, 6.07) is 20.6. The summed E-state index contributed by atoms with van der Waals surface area (Å²) in [6.07, 6.45) is 1.64. The van der Waals surface area contributed by atoms with Gasteiger partial charge in [-0.25, -0.2) is 0 Å². The molecular formula is C22H19N3O3S. The molecule has 0 amide bonds. The molecule has 0 aliphatic carbocycles. The largest absolute Gasteiger partial charge is 0.497 e. The first-order valence-electron chi connectivity index (χ1n) is 9.05. The van der Waals surface area contributed by atoms with Crippen molar-refractivity contribution in [3.05, 3.63) is 84.3 Å². The summed E-state index contributed by atoms with van der Waals surface area (Å²) in [5.41, 5.74) is 1.56. The Morgan fingerprint density at radius 3 is 2.69 bits per heavy atom. The van der Waals surface area contributed by atoms with Gasteiger partial charge in [-0.3, -0.25) is 9.36 Å². The summed E-state index contributed by atoms with van der Waals surface area (Å²) in [5.74, 6) is 2.54. The van der Waals surface area contributed by atoms with Crippen LogP contribution >= 0.6 is 11.8 Å². The number of benzene rings is 2. The number of ketones is 1. The molecule has 0 unspecified atom stereocenters. The van der Waals surface area contributed by atoms with E-state index in [2.05, 4.69) is 10.2 Å². The quantitative estimate of drug-likeness (QED) is 0.316. The molecule has 2 aromatic heterocycles. The first kappa shape index (κ1) is 19.0. The third kappa shape index (κ3) is 4.41. The predicted molar refractivity (Wildman–Crippen MR) is 111 cm³/mol. The number of rotatable bonds is 8. The minimum atomic E-state index is 0.0473. The van der Waals surface area contributed by atoms with Gasteiger partial charge in [0.2, 0.25) is 0 Å². The van der Waals surface area contributed by atoms with Crippen LogP contribution in [0.25, 0.3) is 11.4 Å². The van der Waals surface area contributed by atoms with E-state index in [1.807, 2.05) is 71.3 Å². The maximum absolute atomic E-state index is 12.5. The molecule has 0 bridgehead atoms. The molecule has 146 valence electrons. The molecule has 0 N–H and O–H groups in total. The predicted octanol–water partition coefficient (Wildman–Crippen LogP) is 4.57. The van der Waals surface area contributed by atoms with Gasteiger partial charge in [-0.2, -0.15) is 0 Å². The van der Waals surface area contributed by atoms with Crippen LogP contribution in [0, 0.1) is 0 Å². The number of hydrogen-bond donors (Lipinski definition) is 0. The Morgan fingerprint density at radius 2 is 1.93 bits per heavy atom. The Hall–Kier alpha value is -3.32. The zero-order valence-corrected chi connectivity index (χ0v) is 16.6. The van der Waals surface area contributed by atoms with Crippen LogP contribution in [0.1, 0.15) is 16.1 Å². The molecular weight excluding hydrogens is 386 g/mol. The van der Waals surface area contributed by atoms with Crippen LogP contribution in [-0.4, -0.2) is 33.4 Å². The fourth-order valence-electron chi connectivity index (χ4n) is 2.91. The second-order valence-corrected chi connectivity index (χ2v) is 7.22. The van der Waals surface area contributed by atoms with E-state index in [0.29, 0.717) is 23.1 Å². The molecule has 0 fully saturated rings. The van der Waals surface area contributed by atoms with E-state index in [1.165, 1.54) is 11.8 Å². The number of thioether (sulfide) groups is 1. The summed E-state index contributed by atoms with van der Waals surface area (Å²) in [4.78, 5) is 12.5. The lowest BCUT2D eigenvalue weighted by Gasteiger charge is -2.09. The van der Waals surface area contributed by atoms with Crippen molar-refractivity contribution in [3.63, 3.8) is 0 Å². The standard InChI is InChI=1S/C22H19N3O3S/c1-27-18-10-5-9-17(13-18)21-23-24-22(25(21)14-19-11-6-12-28-19)29-15-20(26)16-7-3-2-4-8-16/h2-13H,14-15H2,1H3. The Labute approximate surface area is 172 Å². The number of methoxy groups -OCH3 is 1. The van der Waals surface area contributed by atoms with Gasteiger partial charge in [-0.1, -0.05) is 54.2 Å². The molecule has 7 heteroatoms. The van der Waals surface area contributed by atoms with Gasteiger partial charge in [0.15, 0.2) is 16.8 Å². The van der Waals surface area contributed by atoms with E-state index in [-0.39, 0.29) is 11.5 Å². The highest BCUT2D eigenvalue weighted by molar-refractivity contribution is 7.99. The normalized spacial score (nSPS) is 10.8. The topological polar surface area (TPSA) is 70.2 Å². The van der Waals surface area contributed by atoms with Crippen molar-refractivity contribution in [3.8, 4) is 17.1 Å². The number of ether oxygens (including phenoxy) is 1. The first-order valence-corrected chi connectivity index (χ1v) is 10.0. The van der Waals surface area contributed by atoms with E-state index in [1.54, 1.807) is 13.4 Å². The highest BCUT2D eigenvalue weighted by Gasteiger charge is 2.18. The lowest BCUT2D eigenvalue weighted by Crippen LogP contribution is -2.06. The van der Waals surface area contributed by atoms with E-state index in [9.17, 15) is 4.79 Å². The molecule has 0 radical (unpaired) electrons. The molecule has 4 rings (SSSR count). The summed E-state index contributed by atoms with van der Waals surface area (Å²) in [6.45, 7) is 0.467.